The second-order valence-corrected chi connectivity index (χ2v) is 5.32. The summed E-state index contributed by atoms with van der Waals surface area (Å²) in [4.78, 5) is 28.8. The van der Waals surface area contributed by atoms with Gasteiger partial charge in [0, 0.05) is 13.1 Å². The van der Waals surface area contributed by atoms with E-state index in [1.807, 2.05) is 0 Å². The number of aromatic nitrogens is 2. The fraction of sp³-hybridized carbons (Fsp3) is 0.545. The van der Waals surface area contributed by atoms with Gasteiger partial charge in [-0.05, 0) is 32.4 Å². The van der Waals surface area contributed by atoms with Gasteiger partial charge in [-0.15, -0.1) is 0 Å². The van der Waals surface area contributed by atoms with Crippen LogP contribution < -0.4 is 10.6 Å². The van der Waals surface area contributed by atoms with Gasteiger partial charge in [-0.1, -0.05) is 0 Å². The molecule has 1 amide bonds. The van der Waals surface area contributed by atoms with Crippen molar-refractivity contribution in [2.45, 2.75) is 26.4 Å². The lowest BCUT2D eigenvalue weighted by atomic mass is 10.2. The Balaban J connectivity index is 2.48. The van der Waals surface area contributed by atoms with E-state index in [0.717, 1.165) is 6.20 Å². The molecule has 21 heavy (non-hydrogen) atoms. The molecule has 0 spiro atoms. The largest absolute Gasteiger partial charge is 0.444 e. The van der Waals surface area contributed by atoms with Gasteiger partial charge in [0.25, 0.3) is 0 Å². The van der Waals surface area contributed by atoms with Gasteiger partial charge in [-0.25, -0.2) is 9.78 Å². The van der Waals surface area contributed by atoms with Crippen molar-refractivity contribution in [2.75, 3.05) is 18.4 Å². The lowest BCUT2D eigenvalue weighted by Crippen LogP contribution is -2.35. The second-order valence-electron chi connectivity index (χ2n) is 4.99. The van der Waals surface area contributed by atoms with Crippen molar-refractivity contribution in [1.29, 1.82) is 0 Å². The maximum absolute atomic E-state index is 11.4. The van der Waals surface area contributed by atoms with Crippen molar-refractivity contribution in [2.24, 2.45) is 0 Å². The summed E-state index contributed by atoms with van der Waals surface area (Å²) in [6, 6.07) is 0. The highest BCUT2D eigenvalue weighted by molar-refractivity contribution is 6.28. The lowest BCUT2D eigenvalue weighted by Gasteiger charge is -2.19. The number of carbonyl (C=O) groups excluding carboxylic acids is 1. The van der Waals surface area contributed by atoms with Crippen molar-refractivity contribution in [3.63, 3.8) is 0 Å². The van der Waals surface area contributed by atoms with Crippen molar-refractivity contribution in [1.82, 2.24) is 15.3 Å². The van der Waals surface area contributed by atoms with E-state index in [4.69, 9.17) is 16.3 Å². The first-order valence-corrected chi connectivity index (χ1v) is 6.44. The van der Waals surface area contributed by atoms with Crippen LogP contribution >= 0.6 is 11.6 Å². The molecule has 1 aromatic heterocycles. The minimum Gasteiger partial charge on any atom is -0.444 e. The Morgan fingerprint density at radius 1 is 1.48 bits per heavy atom. The van der Waals surface area contributed by atoms with Crippen molar-refractivity contribution < 1.29 is 14.5 Å². The fourth-order valence-electron chi connectivity index (χ4n) is 1.28. The standard InChI is InChI=1S/C11H16ClN5O4/c1-11(2,3)21-10(18)14-5-4-13-8-7(17(19)20)6-15-9(12)16-8/h6H,4-5H2,1-3H3,(H,14,18)(H,13,15,16). The van der Waals surface area contributed by atoms with Crippen LogP contribution in [0, 0.1) is 10.1 Å². The Morgan fingerprint density at radius 2 is 2.14 bits per heavy atom. The molecule has 0 aliphatic carbocycles. The number of nitro groups is 1. The number of hydrogen-bond donors (Lipinski definition) is 2. The van der Waals surface area contributed by atoms with Gasteiger partial charge in [0.05, 0.1) is 4.92 Å². The summed E-state index contributed by atoms with van der Waals surface area (Å²) in [7, 11) is 0. The third-order valence-electron chi connectivity index (χ3n) is 2.02. The molecular formula is C11H16ClN5O4. The minimum atomic E-state index is -0.625. The Morgan fingerprint density at radius 3 is 2.71 bits per heavy atom. The number of nitrogens with zero attached hydrogens (tertiary/aromatic N) is 3. The zero-order valence-corrected chi connectivity index (χ0v) is 12.6. The van der Waals surface area contributed by atoms with Gasteiger partial charge in [0.2, 0.25) is 11.1 Å². The van der Waals surface area contributed by atoms with Gasteiger partial charge in [0.15, 0.2) is 0 Å². The molecule has 0 aliphatic heterocycles. The number of hydrogen-bond acceptors (Lipinski definition) is 7. The predicted molar refractivity (Wildman–Crippen MR) is 76.4 cm³/mol. The highest BCUT2D eigenvalue weighted by Crippen LogP contribution is 2.21. The van der Waals surface area contributed by atoms with Gasteiger partial charge < -0.3 is 15.4 Å². The third kappa shape index (κ3) is 6.21. The maximum atomic E-state index is 11.4. The van der Waals surface area contributed by atoms with Crippen molar-refractivity contribution in [3.8, 4) is 0 Å². The van der Waals surface area contributed by atoms with Crippen LogP contribution in [0.25, 0.3) is 0 Å². The molecule has 116 valence electrons. The second kappa shape index (κ2) is 7.02. The molecule has 0 atom stereocenters. The summed E-state index contributed by atoms with van der Waals surface area (Å²) in [5.41, 5.74) is -0.882. The molecule has 0 unspecified atom stereocenters. The maximum Gasteiger partial charge on any atom is 0.407 e. The quantitative estimate of drug-likeness (QED) is 0.368. The number of carbonyl (C=O) groups is 1. The van der Waals surface area contributed by atoms with E-state index >= 15 is 0 Å². The van der Waals surface area contributed by atoms with E-state index in [-0.39, 0.29) is 29.9 Å². The molecule has 2 N–H and O–H groups in total. The summed E-state index contributed by atoms with van der Waals surface area (Å²) in [6.07, 6.45) is 0.443. The molecule has 1 rings (SSSR count). The zero-order chi connectivity index (χ0) is 16.0. The highest BCUT2D eigenvalue weighted by atomic mass is 35.5. The van der Waals surface area contributed by atoms with Crippen LogP contribution in [0.4, 0.5) is 16.3 Å². The van der Waals surface area contributed by atoms with Crippen molar-refractivity contribution >= 4 is 29.2 Å². The molecule has 0 aliphatic rings. The molecule has 0 radical (unpaired) electrons. The van der Waals surface area contributed by atoms with Crippen molar-refractivity contribution in [3.05, 3.63) is 21.6 Å². The number of nitrogens with one attached hydrogen (secondary N) is 2. The van der Waals surface area contributed by atoms with Crippen LogP contribution in [-0.4, -0.2) is 39.7 Å². The van der Waals surface area contributed by atoms with Crippen LogP contribution in [0.1, 0.15) is 20.8 Å². The van der Waals surface area contributed by atoms with Gasteiger partial charge in [-0.2, -0.15) is 4.98 Å². The molecule has 1 aromatic rings. The zero-order valence-electron chi connectivity index (χ0n) is 11.8. The third-order valence-corrected chi connectivity index (χ3v) is 2.20. The molecule has 0 saturated carbocycles. The number of ether oxygens (including phenoxy) is 1. The molecule has 0 aromatic carbocycles. The normalized spacial score (nSPS) is 10.9. The molecule has 1 heterocycles. The number of amides is 1. The first kappa shape index (κ1) is 16.9. The SMILES string of the molecule is CC(C)(C)OC(=O)NCCNc1nc(Cl)ncc1[N+](=O)[O-]. The monoisotopic (exact) mass is 317 g/mol. The first-order valence-electron chi connectivity index (χ1n) is 6.06. The van der Waals surface area contributed by atoms with E-state index in [2.05, 4.69) is 20.6 Å². The number of anilines is 1. The van der Waals surface area contributed by atoms with Crippen LogP contribution in [0.2, 0.25) is 5.28 Å². The molecule has 0 saturated heterocycles. The minimum absolute atomic E-state index is 0.00834. The molecule has 10 heteroatoms. The first-order chi connectivity index (χ1) is 9.69. The summed E-state index contributed by atoms with van der Waals surface area (Å²) >= 11 is 5.58. The number of rotatable bonds is 5. The van der Waals surface area contributed by atoms with E-state index in [0.29, 0.717) is 0 Å². The van der Waals surface area contributed by atoms with Gasteiger partial charge in [-0.3, -0.25) is 10.1 Å². The van der Waals surface area contributed by atoms with E-state index in [9.17, 15) is 14.9 Å². The van der Waals surface area contributed by atoms with E-state index in [1.54, 1.807) is 20.8 Å². The molecule has 0 bridgehead atoms. The summed E-state index contributed by atoms with van der Waals surface area (Å²) in [5.74, 6) is -0.00834. The number of halogens is 1. The van der Waals surface area contributed by atoms with Gasteiger partial charge in [0.1, 0.15) is 11.8 Å². The summed E-state index contributed by atoms with van der Waals surface area (Å²) in [6.45, 7) is 5.66. The van der Waals surface area contributed by atoms with E-state index in [1.165, 1.54) is 0 Å². The summed E-state index contributed by atoms with van der Waals surface area (Å²) in [5, 5.41) is 15.9. The van der Waals surface area contributed by atoms with Crippen LogP contribution in [-0.2, 0) is 4.74 Å². The number of alkyl carbamates (subject to hydrolysis) is 1. The average molecular weight is 318 g/mol. The van der Waals surface area contributed by atoms with Gasteiger partial charge >= 0.3 is 11.8 Å². The highest BCUT2D eigenvalue weighted by Gasteiger charge is 2.17. The Bertz CT molecular complexity index is 532. The lowest BCUT2D eigenvalue weighted by molar-refractivity contribution is -0.384. The average Bonchev–Trinajstić information content (AvgIpc) is 2.32. The Labute approximate surface area is 126 Å². The fourth-order valence-corrected chi connectivity index (χ4v) is 1.41. The van der Waals surface area contributed by atoms with Crippen LogP contribution in [0.3, 0.4) is 0 Å². The topological polar surface area (TPSA) is 119 Å². The van der Waals surface area contributed by atoms with E-state index < -0.39 is 16.6 Å². The molecular weight excluding hydrogens is 302 g/mol. The summed E-state index contributed by atoms with van der Waals surface area (Å²) < 4.78 is 5.04. The Hall–Kier alpha value is -2.16. The Kier molecular flexibility index (Phi) is 5.65. The molecule has 9 nitrogen and oxygen atoms in total. The smallest absolute Gasteiger partial charge is 0.407 e. The predicted octanol–water partition coefficient (Wildman–Crippen LogP) is 1.97. The molecule has 0 fully saturated rings. The van der Waals surface area contributed by atoms with Crippen LogP contribution in [0.5, 0.6) is 0 Å². The van der Waals surface area contributed by atoms with Crippen LogP contribution in [0.15, 0.2) is 6.20 Å².